The number of thiazole rings is 1. The molecule has 0 saturated heterocycles. The second-order valence-corrected chi connectivity index (χ2v) is 9.61. The molecule has 0 amide bonds. The van der Waals surface area contributed by atoms with Crippen LogP contribution >= 0.6 is 22.9 Å². The second-order valence-electron chi connectivity index (χ2n) is 8.06. The number of nitrogens with zero attached hydrogens (tertiary/aromatic N) is 3. The van der Waals surface area contributed by atoms with Crippen LogP contribution in [0.1, 0.15) is 43.5 Å². The number of nitrogens with one attached hydrogen (secondary N) is 1. The summed E-state index contributed by atoms with van der Waals surface area (Å²) in [5, 5.41) is 14.0. The van der Waals surface area contributed by atoms with Crippen LogP contribution in [-0.4, -0.2) is 26.0 Å². The van der Waals surface area contributed by atoms with Gasteiger partial charge in [-0.2, -0.15) is 0 Å². The predicted molar refractivity (Wildman–Crippen MR) is 124 cm³/mol. The molecule has 0 radical (unpaired) electrons. The van der Waals surface area contributed by atoms with Crippen molar-refractivity contribution in [3.8, 4) is 10.6 Å². The van der Waals surface area contributed by atoms with Gasteiger partial charge in [-0.1, -0.05) is 30.5 Å². The average Bonchev–Trinajstić information content (AvgIpc) is 3.11. The first-order chi connectivity index (χ1) is 15.0. The van der Waals surface area contributed by atoms with Gasteiger partial charge in [-0.25, -0.2) is 15.0 Å². The number of hydrogen-bond acceptors (Lipinski definition) is 6. The van der Waals surface area contributed by atoms with Crippen molar-refractivity contribution in [3.63, 3.8) is 0 Å². The van der Waals surface area contributed by atoms with Crippen molar-refractivity contribution < 1.29 is 9.90 Å². The molecule has 1 fully saturated rings. The van der Waals surface area contributed by atoms with Crippen LogP contribution in [0.4, 0.5) is 11.6 Å². The van der Waals surface area contributed by atoms with Gasteiger partial charge in [0.2, 0.25) is 0 Å². The summed E-state index contributed by atoms with van der Waals surface area (Å²) < 4.78 is 0. The Morgan fingerprint density at radius 3 is 2.71 bits per heavy atom. The van der Waals surface area contributed by atoms with E-state index in [2.05, 4.69) is 15.3 Å². The number of rotatable bonds is 7. The molecule has 8 heteroatoms. The minimum atomic E-state index is -0.677. The standard InChI is InChI=1S/C23H25ClN4O2S/c24-17-9-10-20(25-13-17)28-21-6-2-5-18(27-21)19-14-26-22(31-19)11-15-3-1-4-16(8-7-15)12-23(29)30/h2,5-6,9-10,13-16H,1,3-4,7-8,11-12H2,(H,29,30)(H,25,27,28). The monoisotopic (exact) mass is 456 g/mol. The summed E-state index contributed by atoms with van der Waals surface area (Å²) in [6.07, 6.45) is 10.1. The summed E-state index contributed by atoms with van der Waals surface area (Å²) in [6, 6.07) is 9.46. The van der Waals surface area contributed by atoms with Crippen molar-refractivity contribution in [2.75, 3.05) is 5.32 Å². The first-order valence-corrected chi connectivity index (χ1v) is 11.8. The number of pyridine rings is 2. The van der Waals surface area contributed by atoms with Crippen molar-refractivity contribution in [2.45, 2.75) is 44.9 Å². The van der Waals surface area contributed by atoms with Crippen LogP contribution in [-0.2, 0) is 11.2 Å². The van der Waals surface area contributed by atoms with Gasteiger partial charge in [-0.15, -0.1) is 11.3 Å². The predicted octanol–water partition coefficient (Wildman–Crippen LogP) is 6.21. The van der Waals surface area contributed by atoms with Gasteiger partial charge in [0.05, 0.1) is 20.6 Å². The van der Waals surface area contributed by atoms with Crippen LogP contribution < -0.4 is 5.32 Å². The highest BCUT2D eigenvalue weighted by atomic mass is 35.5. The van der Waals surface area contributed by atoms with Gasteiger partial charge in [0.15, 0.2) is 0 Å². The highest BCUT2D eigenvalue weighted by molar-refractivity contribution is 7.15. The smallest absolute Gasteiger partial charge is 0.303 e. The zero-order chi connectivity index (χ0) is 21.6. The first-order valence-electron chi connectivity index (χ1n) is 10.6. The average molecular weight is 457 g/mol. The lowest BCUT2D eigenvalue weighted by Gasteiger charge is -2.12. The molecule has 0 aromatic carbocycles. The Morgan fingerprint density at radius 1 is 1.06 bits per heavy atom. The largest absolute Gasteiger partial charge is 0.481 e. The van der Waals surface area contributed by atoms with Gasteiger partial charge in [-0.3, -0.25) is 4.79 Å². The number of aromatic nitrogens is 3. The summed E-state index contributed by atoms with van der Waals surface area (Å²) in [5.41, 5.74) is 0.880. The molecule has 162 valence electrons. The third-order valence-electron chi connectivity index (χ3n) is 5.67. The van der Waals surface area contributed by atoms with Crippen LogP contribution in [0.3, 0.4) is 0 Å². The van der Waals surface area contributed by atoms with Crippen LogP contribution in [0.5, 0.6) is 0 Å². The number of halogens is 1. The zero-order valence-electron chi connectivity index (χ0n) is 17.1. The molecule has 2 unspecified atom stereocenters. The fraction of sp³-hybridized carbons (Fsp3) is 0.391. The van der Waals surface area contributed by atoms with E-state index in [4.69, 9.17) is 21.7 Å². The van der Waals surface area contributed by atoms with E-state index in [-0.39, 0.29) is 0 Å². The normalized spacial score (nSPS) is 19.0. The molecule has 2 atom stereocenters. The highest BCUT2D eigenvalue weighted by Gasteiger charge is 2.22. The van der Waals surface area contributed by atoms with Gasteiger partial charge in [0, 0.05) is 25.2 Å². The van der Waals surface area contributed by atoms with Crippen LogP contribution in [0.2, 0.25) is 5.02 Å². The highest BCUT2D eigenvalue weighted by Crippen LogP contribution is 2.33. The van der Waals surface area contributed by atoms with E-state index in [0.717, 1.165) is 59.9 Å². The molecule has 31 heavy (non-hydrogen) atoms. The molecule has 1 aliphatic carbocycles. The van der Waals surface area contributed by atoms with Crippen LogP contribution in [0.15, 0.2) is 42.7 Å². The van der Waals surface area contributed by atoms with E-state index in [1.165, 1.54) is 0 Å². The number of aliphatic carboxylic acids is 1. The summed E-state index contributed by atoms with van der Waals surface area (Å²) in [7, 11) is 0. The Labute approximate surface area is 190 Å². The molecule has 3 aromatic heterocycles. The number of carboxylic acids is 1. The molecule has 1 aliphatic rings. The van der Waals surface area contributed by atoms with Gasteiger partial charge >= 0.3 is 5.97 Å². The molecule has 0 bridgehead atoms. The van der Waals surface area contributed by atoms with E-state index in [1.54, 1.807) is 23.6 Å². The number of carbonyl (C=O) groups is 1. The van der Waals surface area contributed by atoms with Crippen molar-refractivity contribution >= 4 is 40.5 Å². The third-order valence-corrected chi connectivity index (χ3v) is 6.94. The van der Waals surface area contributed by atoms with Crippen molar-refractivity contribution in [3.05, 3.63) is 52.8 Å². The van der Waals surface area contributed by atoms with E-state index in [1.807, 2.05) is 30.5 Å². The van der Waals surface area contributed by atoms with Crippen molar-refractivity contribution in [1.29, 1.82) is 0 Å². The molecule has 3 heterocycles. The van der Waals surface area contributed by atoms with Crippen molar-refractivity contribution in [1.82, 2.24) is 15.0 Å². The zero-order valence-corrected chi connectivity index (χ0v) is 18.7. The van der Waals surface area contributed by atoms with Crippen molar-refractivity contribution in [2.24, 2.45) is 11.8 Å². The quantitative estimate of drug-likeness (QED) is 0.411. The number of hydrogen-bond donors (Lipinski definition) is 2. The van der Waals surface area contributed by atoms with E-state index >= 15 is 0 Å². The molecule has 4 rings (SSSR count). The fourth-order valence-electron chi connectivity index (χ4n) is 4.10. The lowest BCUT2D eigenvalue weighted by Crippen LogP contribution is -2.07. The van der Waals surface area contributed by atoms with E-state index in [0.29, 0.717) is 29.1 Å². The van der Waals surface area contributed by atoms with Gasteiger partial charge in [-0.05, 0) is 55.4 Å². The molecule has 1 saturated carbocycles. The van der Waals surface area contributed by atoms with E-state index < -0.39 is 5.97 Å². The van der Waals surface area contributed by atoms with Gasteiger partial charge < -0.3 is 10.4 Å². The summed E-state index contributed by atoms with van der Waals surface area (Å²) in [5.74, 6) is 1.63. The fourth-order valence-corrected chi connectivity index (χ4v) is 5.22. The maximum atomic E-state index is 11.0. The lowest BCUT2D eigenvalue weighted by atomic mass is 9.94. The lowest BCUT2D eigenvalue weighted by molar-refractivity contribution is -0.138. The molecule has 2 N–H and O–H groups in total. The van der Waals surface area contributed by atoms with Crippen LogP contribution in [0.25, 0.3) is 10.6 Å². The van der Waals surface area contributed by atoms with Gasteiger partial charge in [0.25, 0.3) is 0 Å². The van der Waals surface area contributed by atoms with E-state index in [9.17, 15) is 4.79 Å². The second kappa shape index (κ2) is 10.2. The number of anilines is 2. The van der Waals surface area contributed by atoms with Gasteiger partial charge in [0.1, 0.15) is 11.6 Å². The Bertz CT molecular complexity index is 1020. The summed E-state index contributed by atoms with van der Waals surface area (Å²) in [4.78, 5) is 25.6. The maximum Gasteiger partial charge on any atom is 0.303 e. The Morgan fingerprint density at radius 2 is 1.90 bits per heavy atom. The third kappa shape index (κ3) is 6.24. The molecule has 0 spiro atoms. The molecule has 6 nitrogen and oxygen atoms in total. The minimum Gasteiger partial charge on any atom is -0.481 e. The molecular formula is C23H25ClN4O2S. The summed E-state index contributed by atoms with van der Waals surface area (Å²) >= 11 is 7.58. The first kappa shape index (κ1) is 21.7. The summed E-state index contributed by atoms with van der Waals surface area (Å²) in [6.45, 7) is 0. The maximum absolute atomic E-state index is 11.0. The molecule has 0 aliphatic heterocycles. The number of carboxylic acid groups (broad SMARTS) is 1. The Kier molecular flexibility index (Phi) is 7.14. The topological polar surface area (TPSA) is 88.0 Å². The Hall–Kier alpha value is -2.51. The SMILES string of the molecule is O=C(O)CC1CCCC(Cc2ncc(-c3cccc(Nc4ccc(Cl)cn4)n3)s2)CC1. The van der Waals surface area contributed by atoms with Crippen LogP contribution in [0, 0.1) is 11.8 Å². The Balaban J connectivity index is 1.38. The molecular weight excluding hydrogens is 432 g/mol. The minimum absolute atomic E-state index is 0.301. The molecule has 3 aromatic rings.